The Bertz CT molecular complexity index is 484. The molecule has 0 aliphatic heterocycles. The van der Waals surface area contributed by atoms with Crippen LogP contribution in [0.4, 0.5) is 0 Å². The second-order valence-electron chi connectivity index (χ2n) is 3.43. The van der Waals surface area contributed by atoms with Crippen molar-refractivity contribution in [2.75, 3.05) is 6.54 Å². The third-order valence-electron chi connectivity index (χ3n) is 2.15. The molecule has 0 atom stereocenters. The van der Waals surface area contributed by atoms with E-state index in [1.165, 1.54) is 11.3 Å². The average Bonchev–Trinajstić information content (AvgIpc) is 2.97. The Labute approximate surface area is 120 Å². The summed E-state index contributed by atoms with van der Waals surface area (Å²) in [4.78, 5) is 17.1. The maximum Gasteiger partial charge on any atom is 0.271 e. The number of carbonyl (C=O) groups is 1. The van der Waals surface area contributed by atoms with E-state index in [1.807, 2.05) is 17.5 Å². The molecule has 98 valence electrons. The molecule has 4 nitrogen and oxygen atoms in total. The van der Waals surface area contributed by atoms with Gasteiger partial charge in [0, 0.05) is 16.7 Å². The number of hydrogen-bond donors (Lipinski definition) is 2. The number of hydrogen-bond acceptors (Lipinski definition) is 5. The molecule has 2 aromatic rings. The van der Waals surface area contributed by atoms with Crippen LogP contribution in [-0.2, 0) is 13.0 Å². The zero-order valence-electron chi connectivity index (χ0n) is 9.59. The van der Waals surface area contributed by atoms with Gasteiger partial charge in [0.25, 0.3) is 5.91 Å². The van der Waals surface area contributed by atoms with Gasteiger partial charge in [-0.25, -0.2) is 4.98 Å². The van der Waals surface area contributed by atoms with Crippen molar-refractivity contribution in [1.29, 1.82) is 0 Å². The minimum atomic E-state index is -0.127. The third-order valence-corrected chi connectivity index (χ3v) is 3.93. The molecule has 0 aromatic carbocycles. The van der Waals surface area contributed by atoms with Crippen LogP contribution < -0.4 is 11.1 Å². The first-order valence-electron chi connectivity index (χ1n) is 5.24. The highest BCUT2D eigenvalue weighted by atomic mass is 35.5. The average molecular weight is 304 g/mol. The summed E-state index contributed by atoms with van der Waals surface area (Å²) in [5.41, 5.74) is 5.92. The fraction of sp³-hybridized carbons (Fsp3) is 0.273. The Morgan fingerprint density at radius 1 is 1.44 bits per heavy atom. The number of nitrogens with two attached hydrogens (primary N) is 1. The van der Waals surface area contributed by atoms with Crippen molar-refractivity contribution in [2.45, 2.75) is 13.0 Å². The lowest BCUT2D eigenvalue weighted by molar-refractivity contribution is 0.0947. The van der Waals surface area contributed by atoms with Crippen molar-refractivity contribution in [3.63, 3.8) is 0 Å². The van der Waals surface area contributed by atoms with Crippen LogP contribution in [0.3, 0.4) is 0 Å². The molecular weight excluding hydrogens is 290 g/mol. The fourth-order valence-electron chi connectivity index (χ4n) is 1.32. The molecule has 0 saturated heterocycles. The molecule has 0 aliphatic rings. The van der Waals surface area contributed by atoms with Crippen LogP contribution in [0.2, 0.25) is 0 Å². The van der Waals surface area contributed by atoms with Crippen molar-refractivity contribution < 1.29 is 4.79 Å². The van der Waals surface area contributed by atoms with Crippen molar-refractivity contribution >= 4 is 41.0 Å². The zero-order valence-corrected chi connectivity index (χ0v) is 12.0. The molecule has 0 bridgehead atoms. The van der Waals surface area contributed by atoms with Crippen molar-refractivity contribution in [1.82, 2.24) is 10.3 Å². The Hall–Kier alpha value is -0.950. The van der Waals surface area contributed by atoms with Gasteiger partial charge in [-0.15, -0.1) is 35.1 Å². The topological polar surface area (TPSA) is 68.0 Å². The van der Waals surface area contributed by atoms with Gasteiger partial charge >= 0.3 is 0 Å². The number of aromatic nitrogens is 1. The standard InChI is InChI=1S/C11H13N3OS2.ClH/c12-4-3-10-14-9(7-17-10)11(15)13-6-8-2-1-5-16-8;/h1-2,5,7H,3-4,6,12H2,(H,13,15);1H. The molecule has 3 N–H and O–H groups in total. The van der Waals surface area contributed by atoms with Gasteiger partial charge in [-0.05, 0) is 18.0 Å². The van der Waals surface area contributed by atoms with Crippen LogP contribution >= 0.6 is 35.1 Å². The summed E-state index contributed by atoms with van der Waals surface area (Å²) in [6.45, 7) is 1.12. The van der Waals surface area contributed by atoms with E-state index in [-0.39, 0.29) is 18.3 Å². The number of thiazole rings is 1. The van der Waals surface area contributed by atoms with E-state index in [9.17, 15) is 4.79 Å². The zero-order chi connectivity index (χ0) is 12.1. The number of carbonyl (C=O) groups excluding carboxylic acids is 1. The van der Waals surface area contributed by atoms with Crippen LogP contribution in [-0.4, -0.2) is 17.4 Å². The van der Waals surface area contributed by atoms with E-state index in [2.05, 4.69) is 10.3 Å². The molecule has 0 saturated carbocycles. The molecule has 18 heavy (non-hydrogen) atoms. The monoisotopic (exact) mass is 303 g/mol. The molecule has 0 fully saturated rings. The van der Waals surface area contributed by atoms with E-state index < -0.39 is 0 Å². The first-order valence-corrected chi connectivity index (χ1v) is 7.00. The minimum Gasteiger partial charge on any atom is -0.346 e. The van der Waals surface area contributed by atoms with Gasteiger partial charge in [-0.2, -0.15) is 0 Å². The fourth-order valence-corrected chi connectivity index (χ4v) is 2.76. The number of rotatable bonds is 5. The Morgan fingerprint density at radius 3 is 2.94 bits per heavy atom. The summed E-state index contributed by atoms with van der Waals surface area (Å²) in [7, 11) is 0. The predicted molar refractivity (Wildman–Crippen MR) is 77.6 cm³/mol. The molecule has 1 amide bonds. The number of nitrogens with one attached hydrogen (secondary N) is 1. The SMILES string of the molecule is Cl.NCCc1nc(C(=O)NCc2cccs2)cs1. The minimum absolute atomic E-state index is 0. The maximum atomic E-state index is 11.8. The molecule has 7 heteroatoms. The lowest BCUT2D eigenvalue weighted by Gasteiger charge is -2.00. The van der Waals surface area contributed by atoms with E-state index in [4.69, 9.17) is 5.73 Å². The van der Waals surface area contributed by atoms with Gasteiger partial charge < -0.3 is 11.1 Å². The molecule has 2 rings (SSSR count). The number of nitrogens with zero attached hydrogens (tertiary/aromatic N) is 1. The molecule has 0 radical (unpaired) electrons. The van der Waals surface area contributed by atoms with Crippen molar-refractivity contribution in [2.24, 2.45) is 5.73 Å². The largest absolute Gasteiger partial charge is 0.346 e. The smallest absolute Gasteiger partial charge is 0.271 e. The Balaban J connectivity index is 0.00000162. The highest BCUT2D eigenvalue weighted by Crippen LogP contribution is 2.11. The number of thiophene rings is 1. The van der Waals surface area contributed by atoms with Gasteiger partial charge in [0.2, 0.25) is 0 Å². The lowest BCUT2D eigenvalue weighted by atomic mass is 10.4. The van der Waals surface area contributed by atoms with Crippen LogP contribution in [0.25, 0.3) is 0 Å². The van der Waals surface area contributed by atoms with E-state index in [0.717, 1.165) is 16.3 Å². The first-order chi connectivity index (χ1) is 8.29. The van der Waals surface area contributed by atoms with Gasteiger partial charge in [-0.1, -0.05) is 6.07 Å². The number of halogens is 1. The van der Waals surface area contributed by atoms with Gasteiger partial charge in [-0.3, -0.25) is 4.79 Å². The van der Waals surface area contributed by atoms with Gasteiger partial charge in [0.05, 0.1) is 11.6 Å². The van der Waals surface area contributed by atoms with Gasteiger partial charge in [0.1, 0.15) is 5.69 Å². The quantitative estimate of drug-likeness (QED) is 0.888. The maximum absolute atomic E-state index is 11.8. The predicted octanol–water partition coefficient (Wildman–Crippen LogP) is 2.06. The third kappa shape index (κ3) is 4.06. The highest BCUT2D eigenvalue weighted by molar-refractivity contribution is 7.10. The highest BCUT2D eigenvalue weighted by Gasteiger charge is 2.10. The van der Waals surface area contributed by atoms with Crippen LogP contribution in [0, 0.1) is 0 Å². The molecule has 2 heterocycles. The molecule has 0 spiro atoms. The van der Waals surface area contributed by atoms with Crippen molar-refractivity contribution in [3.05, 3.63) is 38.5 Å². The molecule has 0 unspecified atom stereocenters. The summed E-state index contributed by atoms with van der Waals surface area (Å²) in [5.74, 6) is -0.127. The summed E-state index contributed by atoms with van der Waals surface area (Å²) in [5, 5.41) is 7.51. The van der Waals surface area contributed by atoms with Crippen LogP contribution in [0.5, 0.6) is 0 Å². The first kappa shape index (κ1) is 15.1. The second kappa shape index (κ2) is 7.48. The van der Waals surface area contributed by atoms with Crippen LogP contribution in [0.1, 0.15) is 20.4 Å². The van der Waals surface area contributed by atoms with E-state index >= 15 is 0 Å². The van der Waals surface area contributed by atoms with E-state index in [0.29, 0.717) is 18.8 Å². The summed E-state index contributed by atoms with van der Waals surface area (Å²) >= 11 is 3.10. The molecule has 0 aliphatic carbocycles. The molecular formula is C11H14ClN3OS2. The van der Waals surface area contributed by atoms with Crippen LogP contribution in [0.15, 0.2) is 22.9 Å². The van der Waals surface area contributed by atoms with Gasteiger partial charge in [0.15, 0.2) is 0 Å². The van der Waals surface area contributed by atoms with Crippen molar-refractivity contribution in [3.8, 4) is 0 Å². The summed E-state index contributed by atoms with van der Waals surface area (Å²) in [6.07, 6.45) is 0.725. The second-order valence-corrected chi connectivity index (χ2v) is 5.40. The molecule has 2 aromatic heterocycles. The summed E-state index contributed by atoms with van der Waals surface area (Å²) < 4.78 is 0. The Kier molecular flexibility index (Phi) is 6.28. The lowest BCUT2D eigenvalue weighted by Crippen LogP contribution is -2.22. The number of amides is 1. The normalized spacial score (nSPS) is 9.83. The summed E-state index contributed by atoms with van der Waals surface area (Å²) in [6, 6.07) is 3.96. The Morgan fingerprint density at radius 2 is 2.28 bits per heavy atom. The van der Waals surface area contributed by atoms with E-state index in [1.54, 1.807) is 16.7 Å².